The summed E-state index contributed by atoms with van der Waals surface area (Å²) in [6, 6.07) is 16.1. The number of hydrogen-bond donors (Lipinski definition) is 2. The molecule has 0 bridgehead atoms. The molecule has 2 aromatic rings. The minimum absolute atomic E-state index is 0. The molecule has 3 rings (SSSR count). The summed E-state index contributed by atoms with van der Waals surface area (Å²) in [7, 11) is 3.22. The number of methoxy groups -OCH3 is 2. The molecular formula is C19H24IN3O2. The molecule has 3 N–H and O–H groups in total. The standard InChI is InChI=1S/C19H23N3O2.HI/c1-23-17-9-8-15(11-18(17)24-2)22-19(20)21-12-14-10-16(14)13-6-4-3-5-7-13;/h3-9,11,14,16H,10,12H2,1-2H3,(H3,20,21,22);1H. The first kappa shape index (κ1) is 19.4. The molecule has 1 fully saturated rings. The fraction of sp³-hybridized carbons (Fsp3) is 0.316. The molecule has 0 saturated heterocycles. The van der Waals surface area contributed by atoms with E-state index in [1.165, 1.54) is 12.0 Å². The van der Waals surface area contributed by atoms with E-state index < -0.39 is 0 Å². The van der Waals surface area contributed by atoms with Gasteiger partial charge in [0.15, 0.2) is 17.5 Å². The van der Waals surface area contributed by atoms with Gasteiger partial charge in [0, 0.05) is 18.3 Å². The first-order chi connectivity index (χ1) is 11.7. The van der Waals surface area contributed by atoms with Gasteiger partial charge in [-0.3, -0.25) is 4.99 Å². The van der Waals surface area contributed by atoms with E-state index in [4.69, 9.17) is 15.2 Å². The van der Waals surface area contributed by atoms with Crippen molar-refractivity contribution in [1.82, 2.24) is 0 Å². The first-order valence-corrected chi connectivity index (χ1v) is 8.05. The van der Waals surface area contributed by atoms with Crippen LogP contribution in [0.1, 0.15) is 17.9 Å². The number of halogens is 1. The van der Waals surface area contributed by atoms with Gasteiger partial charge in [0.1, 0.15) is 0 Å². The average molecular weight is 453 g/mol. The second-order valence-electron chi connectivity index (χ2n) is 5.93. The zero-order chi connectivity index (χ0) is 16.9. The predicted octanol–water partition coefficient (Wildman–Crippen LogP) is 3.85. The number of hydrogen-bond acceptors (Lipinski definition) is 3. The van der Waals surface area contributed by atoms with Gasteiger partial charge in [-0.1, -0.05) is 30.3 Å². The van der Waals surface area contributed by atoms with Crippen LogP contribution in [0.15, 0.2) is 53.5 Å². The third kappa shape index (κ3) is 5.01. The van der Waals surface area contributed by atoms with Crippen LogP contribution in [-0.2, 0) is 0 Å². The quantitative estimate of drug-likeness (QED) is 0.396. The highest BCUT2D eigenvalue weighted by atomic mass is 127. The molecule has 0 aliphatic heterocycles. The average Bonchev–Trinajstić information content (AvgIpc) is 3.40. The van der Waals surface area contributed by atoms with Gasteiger partial charge in [0.25, 0.3) is 0 Å². The maximum atomic E-state index is 5.99. The number of nitrogens with two attached hydrogens (primary N) is 1. The number of nitrogens with zero attached hydrogens (tertiary/aromatic N) is 1. The Labute approximate surface area is 165 Å². The van der Waals surface area contributed by atoms with Crippen molar-refractivity contribution in [2.24, 2.45) is 16.6 Å². The molecule has 2 atom stereocenters. The van der Waals surface area contributed by atoms with Crippen molar-refractivity contribution in [2.75, 3.05) is 26.1 Å². The van der Waals surface area contributed by atoms with Gasteiger partial charge in [-0.05, 0) is 36.0 Å². The van der Waals surface area contributed by atoms with E-state index in [-0.39, 0.29) is 24.0 Å². The zero-order valence-electron chi connectivity index (χ0n) is 14.4. The summed E-state index contributed by atoms with van der Waals surface area (Å²) in [5, 5.41) is 3.10. The summed E-state index contributed by atoms with van der Waals surface area (Å²) in [4.78, 5) is 4.47. The number of anilines is 1. The third-order valence-electron chi connectivity index (χ3n) is 4.30. The summed E-state index contributed by atoms with van der Waals surface area (Å²) in [6.45, 7) is 0.742. The molecule has 0 spiro atoms. The van der Waals surface area contributed by atoms with Crippen molar-refractivity contribution < 1.29 is 9.47 Å². The summed E-state index contributed by atoms with van der Waals surface area (Å²) in [5.41, 5.74) is 8.21. The van der Waals surface area contributed by atoms with Crippen LogP contribution in [0, 0.1) is 5.92 Å². The lowest BCUT2D eigenvalue weighted by molar-refractivity contribution is 0.355. The fourth-order valence-electron chi connectivity index (χ4n) is 2.87. The fourth-order valence-corrected chi connectivity index (χ4v) is 2.87. The monoisotopic (exact) mass is 453 g/mol. The lowest BCUT2D eigenvalue weighted by atomic mass is 10.1. The van der Waals surface area contributed by atoms with E-state index in [0.29, 0.717) is 29.3 Å². The zero-order valence-corrected chi connectivity index (χ0v) is 16.8. The van der Waals surface area contributed by atoms with E-state index in [1.54, 1.807) is 14.2 Å². The van der Waals surface area contributed by atoms with Crippen molar-refractivity contribution in [3.05, 3.63) is 54.1 Å². The van der Waals surface area contributed by atoms with Gasteiger partial charge in [0.2, 0.25) is 0 Å². The highest BCUT2D eigenvalue weighted by Gasteiger charge is 2.37. The van der Waals surface area contributed by atoms with E-state index in [9.17, 15) is 0 Å². The topological polar surface area (TPSA) is 68.9 Å². The van der Waals surface area contributed by atoms with Crippen LogP contribution in [0.5, 0.6) is 11.5 Å². The van der Waals surface area contributed by atoms with Gasteiger partial charge in [-0.25, -0.2) is 0 Å². The normalized spacial score (nSPS) is 18.9. The molecule has 1 aliphatic rings. The van der Waals surface area contributed by atoms with Gasteiger partial charge < -0.3 is 20.5 Å². The number of aliphatic imine (C=N–C) groups is 1. The second kappa shape index (κ2) is 8.94. The Morgan fingerprint density at radius 2 is 1.84 bits per heavy atom. The predicted molar refractivity (Wildman–Crippen MR) is 112 cm³/mol. The van der Waals surface area contributed by atoms with Crippen LogP contribution in [0.4, 0.5) is 5.69 Å². The van der Waals surface area contributed by atoms with E-state index in [1.807, 2.05) is 24.3 Å². The van der Waals surface area contributed by atoms with Crippen LogP contribution in [0.3, 0.4) is 0 Å². The summed E-state index contributed by atoms with van der Waals surface area (Å²) >= 11 is 0. The van der Waals surface area contributed by atoms with Crippen molar-refractivity contribution in [3.63, 3.8) is 0 Å². The van der Waals surface area contributed by atoms with Crippen LogP contribution in [0.25, 0.3) is 0 Å². The van der Waals surface area contributed by atoms with Crippen LogP contribution < -0.4 is 20.5 Å². The lowest BCUT2D eigenvalue weighted by Crippen LogP contribution is -2.23. The van der Waals surface area contributed by atoms with E-state index in [0.717, 1.165) is 12.2 Å². The smallest absolute Gasteiger partial charge is 0.193 e. The van der Waals surface area contributed by atoms with E-state index >= 15 is 0 Å². The Balaban J connectivity index is 0.00000225. The van der Waals surface area contributed by atoms with Gasteiger partial charge in [-0.15, -0.1) is 24.0 Å². The number of guanidine groups is 1. The van der Waals surface area contributed by atoms with E-state index in [2.05, 4.69) is 34.6 Å². The minimum Gasteiger partial charge on any atom is -0.493 e. The molecule has 0 radical (unpaired) electrons. The summed E-state index contributed by atoms with van der Waals surface area (Å²) in [6.07, 6.45) is 1.18. The molecule has 0 aromatic heterocycles. The minimum atomic E-state index is 0. The molecule has 5 nitrogen and oxygen atoms in total. The Hall–Kier alpha value is -1.96. The number of nitrogens with one attached hydrogen (secondary N) is 1. The summed E-state index contributed by atoms with van der Waals surface area (Å²) < 4.78 is 10.5. The Kier molecular flexibility index (Phi) is 6.92. The molecule has 2 unspecified atom stereocenters. The molecule has 2 aromatic carbocycles. The van der Waals surface area contributed by atoms with Gasteiger partial charge >= 0.3 is 0 Å². The molecule has 0 amide bonds. The molecule has 134 valence electrons. The highest BCUT2D eigenvalue weighted by molar-refractivity contribution is 14.0. The van der Waals surface area contributed by atoms with Crippen molar-refractivity contribution in [1.29, 1.82) is 0 Å². The molecule has 1 saturated carbocycles. The number of benzene rings is 2. The Bertz CT molecular complexity index is 722. The van der Waals surface area contributed by atoms with Crippen LogP contribution >= 0.6 is 24.0 Å². The second-order valence-corrected chi connectivity index (χ2v) is 5.93. The Morgan fingerprint density at radius 3 is 2.52 bits per heavy atom. The molecule has 6 heteroatoms. The molecule has 0 heterocycles. The highest BCUT2D eigenvalue weighted by Crippen LogP contribution is 2.47. The number of rotatable bonds is 6. The molecule has 1 aliphatic carbocycles. The molecular weight excluding hydrogens is 429 g/mol. The first-order valence-electron chi connectivity index (χ1n) is 8.05. The SMILES string of the molecule is COc1ccc(NC(N)=NCC2CC2c2ccccc2)cc1OC.I. The summed E-state index contributed by atoms with van der Waals surface area (Å²) in [5.74, 6) is 2.95. The van der Waals surface area contributed by atoms with Crippen LogP contribution in [0.2, 0.25) is 0 Å². The van der Waals surface area contributed by atoms with Gasteiger partial charge in [-0.2, -0.15) is 0 Å². The van der Waals surface area contributed by atoms with Gasteiger partial charge in [0.05, 0.1) is 14.2 Å². The van der Waals surface area contributed by atoms with Crippen molar-refractivity contribution >= 4 is 35.6 Å². The molecule has 25 heavy (non-hydrogen) atoms. The third-order valence-corrected chi connectivity index (χ3v) is 4.30. The number of ether oxygens (including phenoxy) is 2. The van der Waals surface area contributed by atoms with Crippen molar-refractivity contribution in [2.45, 2.75) is 12.3 Å². The largest absolute Gasteiger partial charge is 0.493 e. The Morgan fingerprint density at radius 1 is 1.12 bits per heavy atom. The van der Waals surface area contributed by atoms with Crippen molar-refractivity contribution in [3.8, 4) is 11.5 Å². The maximum Gasteiger partial charge on any atom is 0.193 e. The van der Waals surface area contributed by atoms with Crippen LogP contribution in [-0.4, -0.2) is 26.7 Å². The maximum absolute atomic E-state index is 5.99. The lowest BCUT2D eigenvalue weighted by Gasteiger charge is -2.10.